The summed E-state index contributed by atoms with van der Waals surface area (Å²) in [6.07, 6.45) is 8.71. The molecule has 5 atom stereocenters. The lowest BCUT2D eigenvalue weighted by molar-refractivity contribution is -0.150. The number of carboxylic acid groups (broad SMARTS) is 1. The summed E-state index contributed by atoms with van der Waals surface area (Å²) >= 11 is 0. The van der Waals surface area contributed by atoms with Crippen LogP contribution in [0.15, 0.2) is 0 Å². The van der Waals surface area contributed by atoms with Crippen molar-refractivity contribution in [3.63, 3.8) is 0 Å². The second kappa shape index (κ2) is 5.62. The number of hydrogen-bond donors (Lipinski definition) is 2. The topological polar surface area (TPSA) is 66.4 Å². The van der Waals surface area contributed by atoms with Crippen molar-refractivity contribution in [2.45, 2.75) is 70.3 Å². The Bertz CT molecular complexity index is 436. The number of nitrogens with one attached hydrogen (secondary N) is 1. The second-order valence-electron chi connectivity index (χ2n) is 7.78. The molecule has 0 spiro atoms. The molecule has 0 saturated heterocycles. The molecule has 0 aromatic carbocycles. The van der Waals surface area contributed by atoms with E-state index in [4.69, 9.17) is 0 Å². The van der Waals surface area contributed by atoms with Crippen molar-refractivity contribution in [3.05, 3.63) is 0 Å². The number of carbonyl (C=O) groups excluding carboxylic acids is 1. The van der Waals surface area contributed by atoms with Crippen molar-refractivity contribution in [2.24, 2.45) is 23.7 Å². The van der Waals surface area contributed by atoms with Crippen LogP contribution in [-0.2, 0) is 9.59 Å². The molecule has 4 heteroatoms. The van der Waals surface area contributed by atoms with Gasteiger partial charge in [0, 0.05) is 6.42 Å². The van der Waals surface area contributed by atoms with Crippen LogP contribution >= 0.6 is 0 Å². The highest BCUT2D eigenvalue weighted by Gasteiger charge is 2.45. The summed E-state index contributed by atoms with van der Waals surface area (Å²) in [7, 11) is 0. The Balaban J connectivity index is 1.60. The molecule has 3 aliphatic carbocycles. The smallest absolute Gasteiger partial charge is 0.329 e. The van der Waals surface area contributed by atoms with Crippen LogP contribution in [0.25, 0.3) is 0 Å². The molecule has 0 aliphatic heterocycles. The molecule has 3 aliphatic rings. The quantitative estimate of drug-likeness (QED) is 0.837. The van der Waals surface area contributed by atoms with E-state index in [9.17, 15) is 14.7 Å². The lowest BCUT2D eigenvalue weighted by Gasteiger charge is -2.37. The molecule has 0 heterocycles. The first-order valence-electron chi connectivity index (χ1n) is 8.53. The van der Waals surface area contributed by atoms with E-state index in [1.807, 2.05) is 0 Å². The summed E-state index contributed by atoms with van der Waals surface area (Å²) in [5.41, 5.74) is -1.01. The standard InChI is InChI=1S/C17H27NO3/c1-11-3-2-6-17(10-11,16(20)21)18-15(19)9-14-8-12-4-5-13(14)7-12/h11-14H,2-10H2,1H3,(H,18,19)(H,20,21). The van der Waals surface area contributed by atoms with E-state index in [2.05, 4.69) is 12.2 Å². The van der Waals surface area contributed by atoms with Crippen molar-refractivity contribution < 1.29 is 14.7 Å². The third-order valence-corrected chi connectivity index (χ3v) is 6.12. The van der Waals surface area contributed by atoms with Crippen molar-refractivity contribution in [1.29, 1.82) is 0 Å². The van der Waals surface area contributed by atoms with Gasteiger partial charge in [-0.25, -0.2) is 4.79 Å². The van der Waals surface area contributed by atoms with Crippen LogP contribution in [0, 0.1) is 23.7 Å². The zero-order valence-electron chi connectivity index (χ0n) is 12.9. The minimum atomic E-state index is -1.01. The Labute approximate surface area is 126 Å². The van der Waals surface area contributed by atoms with Crippen LogP contribution in [-0.4, -0.2) is 22.5 Å². The van der Waals surface area contributed by atoms with Crippen molar-refractivity contribution in [2.75, 3.05) is 0 Å². The van der Waals surface area contributed by atoms with Crippen molar-refractivity contribution in [1.82, 2.24) is 5.32 Å². The van der Waals surface area contributed by atoms with Crippen LogP contribution < -0.4 is 5.32 Å². The summed E-state index contributed by atoms with van der Waals surface area (Å²) in [6.45, 7) is 2.08. The average Bonchev–Trinajstić information content (AvgIpc) is 3.00. The van der Waals surface area contributed by atoms with E-state index in [0.29, 0.717) is 37.0 Å². The summed E-state index contributed by atoms with van der Waals surface area (Å²) in [5.74, 6) is 1.52. The number of amides is 1. The molecule has 2 bridgehead atoms. The van der Waals surface area contributed by atoms with E-state index >= 15 is 0 Å². The van der Waals surface area contributed by atoms with Gasteiger partial charge in [-0.1, -0.05) is 26.2 Å². The summed E-state index contributed by atoms with van der Waals surface area (Å²) in [5, 5.41) is 12.5. The van der Waals surface area contributed by atoms with Crippen molar-refractivity contribution >= 4 is 11.9 Å². The maximum absolute atomic E-state index is 12.4. The molecule has 0 aromatic heterocycles. The van der Waals surface area contributed by atoms with Gasteiger partial charge in [0.25, 0.3) is 0 Å². The molecular weight excluding hydrogens is 266 g/mol. The first kappa shape index (κ1) is 14.9. The fourth-order valence-corrected chi connectivity index (χ4v) is 5.10. The molecule has 2 N–H and O–H groups in total. The fraction of sp³-hybridized carbons (Fsp3) is 0.882. The third-order valence-electron chi connectivity index (χ3n) is 6.12. The monoisotopic (exact) mass is 293 g/mol. The van der Waals surface area contributed by atoms with Gasteiger partial charge in [0.1, 0.15) is 5.54 Å². The summed E-state index contributed by atoms with van der Waals surface area (Å²) in [6, 6.07) is 0. The minimum absolute atomic E-state index is 0.0379. The maximum Gasteiger partial charge on any atom is 0.329 e. The number of rotatable bonds is 4. The SMILES string of the molecule is CC1CCCC(NC(=O)CC2CC3CCC2C3)(C(=O)O)C1. The van der Waals surface area contributed by atoms with Gasteiger partial charge in [0.05, 0.1) is 0 Å². The Morgan fingerprint density at radius 1 is 1.24 bits per heavy atom. The highest BCUT2D eigenvalue weighted by atomic mass is 16.4. The molecular formula is C17H27NO3. The predicted octanol–water partition coefficient (Wildman–Crippen LogP) is 2.96. The molecule has 21 heavy (non-hydrogen) atoms. The molecule has 0 aromatic rings. The number of carbonyl (C=O) groups is 2. The molecule has 5 unspecified atom stereocenters. The fourth-order valence-electron chi connectivity index (χ4n) is 5.10. The highest BCUT2D eigenvalue weighted by Crippen LogP contribution is 2.49. The second-order valence-corrected chi connectivity index (χ2v) is 7.78. The first-order chi connectivity index (χ1) is 9.98. The molecule has 3 fully saturated rings. The predicted molar refractivity (Wildman–Crippen MR) is 79.7 cm³/mol. The van der Waals surface area contributed by atoms with Gasteiger partial charge in [-0.3, -0.25) is 4.79 Å². The lowest BCUT2D eigenvalue weighted by Crippen LogP contribution is -2.57. The highest BCUT2D eigenvalue weighted by molar-refractivity contribution is 5.87. The number of hydrogen-bond acceptors (Lipinski definition) is 2. The van der Waals surface area contributed by atoms with Gasteiger partial charge in [0.15, 0.2) is 0 Å². The number of carboxylic acids is 1. The number of fused-ring (bicyclic) bond motifs is 2. The third kappa shape index (κ3) is 2.95. The Hall–Kier alpha value is -1.06. The zero-order valence-corrected chi connectivity index (χ0v) is 12.9. The van der Waals surface area contributed by atoms with E-state index in [1.165, 1.54) is 25.7 Å². The van der Waals surface area contributed by atoms with Crippen LogP contribution in [0.2, 0.25) is 0 Å². The van der Waals surface area contributed by atoms with Gasteiger partial charge in [-0.05, 0) is 55.8 Å². The summed E-state index contributed by atoms with van der Waals surface area (Å²) < 4.78 is 0. The average molecular weight is 293 g/mol. The van der Waals surface area contributed by atoms with Crippen LogP contribution in [0.3, 0.4) is 0 Å². The molecule has 4 nitrogen and oxygen atoms in total. The first-order valence-corrected chi connectivity index (χ1v) is 8.53. The Morgan fingerprint density at radius 3 is 2.62 bits per heavy atom. The Kier molecular flexibility index (Phi) is 3.98. The van der Waals surface area contributed by atoms with E-state index < -0.39 is 11.5 Å². The van der Waals surface area contributed by atoms with Gasteiger partial charge in [-0.15, -0.1) is 0 Å². The van der Waals surface area contributed by atoms with Crippen LogP contribution in [0.5, 0.6) is 0 Å². The molecule has 118 valence electrons. The van der Waals surface area contributed by atoms with E-state index in [0.717, 1.165) is 18.8 Å². The van der Waals surface area contributed by atoms with Gasteiger partial charge >= 0.3 is 5.97 Å². The number of aliphatic carboxylic acids is 1. The van der Waals surface area contributed by atoms with Crippen molar-refractivity contribution in [3.8, 4) is 0 Å². The van der Waals surface area contributed by atoms with E-state index in [1.54, 1.807) is 0 Å². The normalized spacial score (nSPS) is 42.0. The molecule has 3 rings (SSSR count). The minimum Gasteiger partial charge on any atom is -0.480 e. The van der Waals surface area contributed by atoms with Gasteiger partial charge in [0.2, 0.25) is 5.91 Å². The van der Waals surface area contributed by atoms with E-state index in [-0.39, 0.29) is 5.91 Å². The molecule has 3 saturated carbocycles. The molecule has 1 amide bonds. The summed E-state index contributed by atoms with van der Waals surface area (Å²) in [4.78, 5) is 24.1. The van der Waals surface area contributed by atoms with Crippen LogP contribution in [0.4, 0.5) is 0 Å². The van der Waals surface area contributed by atoms with Crippen LogP contribution in [0.1, 0.15) is 64.7 Å². The molecule has 0 radical (unpaired) electrons. The lowest BCUT2D eigenvalue weighted by atomic mass is 9.76. The Morgan fingerprint density at radius 2 is 2.05 bits per heavy atom. The van der Waals surface area contributed by atoms with Gasteiger partial charge < -0.3 is 10.4 Å². The zero-order chi connectivity index (χ0) is 15.0. The largest absolute Gasteiger partial charge is 0.480 e. The van der Waals surface area contributed by atoms with Gasteiger partial charge in [-0.2, -0.15) is 0 Å². The maximum atomic E-state index is 12.4.